The van der Waals surface area contributed by atoms with Crippen LogP contribution in [0.25, 0.3) is 0 Å². The predicted octanol–water partition coefficient (Wildman–Crippen LogP) is 1.41. The highest BCUT2D eigenvalue weighted by atomic mass is 15.1. The van der Waals surface area contributed by atoms with Crippen molar-refractivity contribution in [3.63, 3.8) is 0 Å². The van der Waals surface area contributed by atoms with Crippen molar-refractivity contribution in [2.24, 2.45) is 7.05 Å². The van der Waals surface area contributed by atoms with Gasteiger partial charge in [-0.2, -0.15) is 5.26 Å². The Morgan fingerprint density at radius 3 is 2.92 bits per heavy atom. The SMILES string of the molecule is C=C(C)Cc1ncc(C#N)n1C. The average Bonchev–Trinajstić information content (AvgIpc) is 2.32. The van der Waals surface area contributed by atoms with E-state index in [4.69, 9.17) is 5.26 Å². The molecule has 0 saturated heterocycles. The molecule has 0 aliphatic rings. The average molecular weight is 161 g/mol. The third-order valence-corrected chi connectivity index (χ3v) is 1.66. The standard InChI is InChI=1S/C9H11N3/c1-7(2)4-9-11-6-8(5-10)12(9)3/h6H,1,4H2,2-3H3. The van der Waals surface area contributed by atoms with Crippen molar-refractivity contribution in [1.82, 2.24) is 9.55 Å². The predicted molar refractivity (Wildman–Crippen MR) is 46.4 cm³/mol. The van der Waals surface area contributed by atoms with Gasteiger partial charge in [-0.1, -0.05) is 12.2 Å². The Morgan fingerprint density at radius 1 is 1.83 bits per heavy atom. The Bertz CT molecular complexity index is 341. The third-order valence-electron chi connectivity index (χ3n) is 1.66. The number of allylic oxidation sites excluding steroid dienone is 1. The molecule has 0 unspecified atom stereocenters. The lowest BCUT2D eigenvalue weighted by Gasteiger charge is -2.00. The summed E-state index contributed by atoms with van der Waals surface area (Å²) in [6.07, 6.45) is 2.32. The first-order valence-electron chi connectivity index (χ1n) is 3.70. The minimum atomic E-state index is 0.589. The zero-order valence-corrected chi connectivity index (χ0v) is 7.33. The van der Waals surface area contributed by atoms with E-state index in [0.717, 1.165) is 17.8 Å². The van der Waals surface area contributed by atoms with Gasteiger partial charge in [0.2, 0.25) is 0 Å². The van der Waals surface area contributed by atoms with Crippen LogP contribution in [-0.2, 0) is 13.5 Å². The number of hydrogen-bond donors (Lipinski definition) is 0. The molecule has 0 aliphatic heterocycles. The van der Waals surface area contributed by atoms with Crippen molar-refractivity contribution in [3.8, 4) is 6.07 Å². The van der Waals surface area contributed by atoms with Crippen LogP contribution in [0.3, 0.4) is 0 Å². The van der Waals surface area contributed by atoms with Gasteiger partial charge in [0.05, 0.1) is 6.20 Å². The summed E-state index contributed by atoms with van der Waals surface area (Å²) in [6.45, 7) is 5.74. The van der Waals surface area contributed by atoms with Gasteiger partial charge in [0, 0.05) is 13.5 Å². The number of nitriles is 1. The summed E-state index contributed by atoms with van der Waals surface area (Å²) in [6, 6.07) is 2.06. The van der Waals surface area contributed by atoms with Gasteiger partial charge in [-0.05, 0) is 6.92 Å². The Kier molecular flexibility index (Phi) is 2.29. The molecule has 1 aromatic heterocycles. The van der Waals surface area contributed by atoms with E-state index in [2.05, 4.69) is 17.6 Å². The van der Waals surface area contributed by atoms with Crippen LogP contribution in [0, 0.1) is 11.3 Å². The minimum Gasteiger partial charge on any atom is -0.323 e. The molecule has 0 atom stereocenters. The fourth-order valence-electron chi connectivity index (χ4n) is 0.986. The summed E-state index contributed by atoms with van der Waals surface area (Å²) in [7, 11) is 1.84. The quantitative estimate of drug-likeness (QED) is 0.615. The van der Waals surface area contributed by atoms with Crippen molar-refractivity contribution in [2.75, 3.05) is 0 Å². The van der Waals surface area contributed by atoms with Crippen LogP contribution in [-0.4, -0.2) is 9.55 Å². The van der Waals surface area contributed by atoms with E-state index < -0.39 is 0 Å². The zero-order chi connectivity index (χ0) is 9.14. The number of nitrogens with zero attached hydrogens (tertiary/aromatic N) is 3. The smallest absolute Gasteiger partial charge is 0.139 e. The highest BCUT2D eigenvalue weighted by Crippen LogP contribution is 2.05. The molecule has 0 amide bonds. The van der Waals surface area contributed by atoms with E-state index in [1.54, 1.807) is 10.8 Å². The summed E-state index contributed by atoms with van der Waals surface area (Å²) in [5.74, 6) is 0.888. The first-order chi connectivity index (χ1) is 5.65. The van der Waals surface area contributed by atoms with Crippen LogP contribution >= 0.6 is 0 Å². The van der Waals surface area contributed by atoms with Crippen LogP contribution in [0.2, 0.25) is 0 Å². The third kappa shape index (κ3) is 1.54. The highest BCUT2D eigenvalue weighted by Gasteiger charge is 2.04. The second-order valence-corrected chi connectivity index (χ2v) is 2.86. The van der Waals surface area contributed by atoms with Gasteiger partial charge in [-0.25, -0.2) is 4.98 Å². The molecule has 1 rings (SSSR count). The maximum Gasteiger partial charge on any atom is 0.139 e. The molecule has 0 N–H and O–H groups in total. The van der Waals surface area contributed by atoms with Crippen molar-refractivity contribution in [2.45, 2.75) is 13.3 Å². The second kappa shape index (κ2) is 3.22. The van der Waals surface area contributed by atoms with Crippen LogP contribution in [0.5, 0.6) is 0 Å². The van der Waals surface area contributed by atoms with E-state index >= 15 is 0 Å². The molecule has 0 bridgehead atoms. The molecular weight excluding hydrogens is 150 g/mol. The lowest BCUT2D eigenvalue weighted by atomic mass is 10.2. The Labute approximate surface area is 72.0 Å². The summed E-state index contributed by atoms with van der Waals surface area (Å²) in [4.78, 5) is 4.11. The van der Waals surface area contributed by atoms with Crippen molar-refractivity contribution in [3.05, 3.63) is 29.9 Å². The topological polar surface area (TPSA) is 41.6 Å². The zero-order valence-electron chi connectivity index (χ0n) is 7.33. The molecule has 0 radical (unpaired) electrons. The largest absolute Gasteiger partial charge is 0.323 e. The maximum atomic E-state index is 8.63. The van der Waals surface area contributed by atoms with E-state index in [9.17, 15) is 0 Å². The van der Waals surface area contributed by atoms with Gasteiger partial charge in [-0.3, -0.25) is 0 Å². The number of hydrogen-bond acceptors (Lipinski definition) is 2. The van der Waals surface area contributed by atoms with Gasteiger partial charge in [0.25, 0.3) is 0 Å². The molecule has 3 nitrogen and oxygen atoms in total. The van der Waals surface area contributed by atoms with Crippen molar-refractivity contribution < 1.29 is 0 Å². The molecule has 0 aliphatic carbocycles. The molecule has 0 aromatic carbocycles. The molecule has 12 heavy (non-hydrogen) atoms. The molecule has 1 aromatic rings. The molecule has 0 spiro atoms. The minimum absolute atomic E-state index is 0.589. The second-order valence-electron chi connectivity index (χ2n) is 2.86. The number of aromatic nitrogens is 2. The van der Waals surface area contributed by atoms with E-state index in [-0.39, 0.29) is 0 Å². The summed E-state index contributed by atoms with van der Waals surface area (Å²) < 4.78 is 1.79. The summed E-state index contributed by atoms with van der Waals surface area (Å²) in [5.41, 5.74) is 1.64. The molecule has 0 fully saturated rings. The van der Waals surface area contributed by atoms with Crippen molar-refractivity contribution in [1.29, 1.82) is 5.26 Å². The maximum absolute atomic E-state index is 8.63. The van der Waals surface area contributed by atoms with Crippen LogP contribution in [0.1, 0.15) is 18.4 Å². The normalized spacial score (nSPS) is 9.42. The molecule has 62 valence electrons. The fraction of sp³-hybridized carbons (Fsp3) is 0.333. The fourth-order valence-corrected chi connectivity index (χ4v) is 0.986. The Balaban J connectivity index is 2.96. The molecular formula is C9H11N3. The van der Waals surface area contributed by atoms with Gasteiger partial charge >= 0.3 is 0 Å². The molecule has 3 heteroatoms. The number of rotatable bonds is 2. The summed E-state index contributed by atoms with van der Waals surface area (Å²) >= 11 is 0. The highest BCUT2D eigenvalue weighted by molar-refractivity contribution is 5.21. The van der Waals surface area contributed by atoms with Crippen LogP contribution < -0.4 is 0 Å². The number of imidazole rings is 1. The monoisotopic (exact) mass is 161 g/mol. The van der Waals surface area contributed by atoms with E-state index in [1.165, 1.54) is 0 Å². The van der Waals surface area contributed by atoms with E-state index in [0.29, 0.717) is 5.69 Å². The van der Waals surface area contributed by atoms with Gasteiger partial charge in [0.1, 0.15) is 17.6 Å². The van der Waals surface area contributed by atoms with Crippen molar-refractivity contribution >= 4 is 0 Å². The first-order valence-corrected chi connectivity index (χ1v) is 3.70. The van der Waals surface area contributed by atoms with Gasteiger partial charge in [0.15, 0.2) is 0 Å². The molecule has 1 heterocycles. The lowest BCUT2D eigenvalue weighted by Crippen LogP contribution is -2.00. The molecule has 0 saturated carbocycles. The van der Waals surface area contributed by atoms with E-state index in [1.807, 2.05) is 14.0 Å². The van der Waals surface area contributed by atoms with Gasteiger partial charge in [-0.15, -0.1) is 0 Å². The Morgan fingerprint density at radius 2 is 2.50 bits per heavy atom. The van der Waals surface area contributed by atoms with Crippen LogP contribution in [0.15, 0.2) is 18.3 Å². The first kappa shape index (κ1) is 8.54. The Hall–Kier alpha value is -1.56. The summed E-state index contributed by atoms with van der Waals surface area (Å²) in [5, 5.41) is 8.63. The van der Waals surface area contributed by atoms with Crippen LogP contribution in [0.4, 0.5) is 0 Å². The van der Waals surface area contributed by atoms with Gasteiger partial charge < -0.3 is 4.57 Å². The lowest BCUT2D eigenvalue weighted by molar-refractivity contribution is 0.807.